The Balaban J connectivity index is 0.000000216. The van der Waals surface area contributed by atoms with Crippen LogP contribution in [0.5, 0.6) is 0 Å². The molecule has 0 radical (unpaired) electrons. The van der Waals surface area contributed by atoms with Crippen molar-refractivity contribution in [2.45, 2.75) is 31.3 Å². The van der Waals surface area contributed by atoms with E-state index in [9.17, 15) is 29.2 Å². The van der Waals surface area contributed by atoms with Crippen LogP contribution >= 0.6 is 11.6 Å². The highest BCUT2D eigenvalue weighted by Gasteiger charge is 2.33. The number of aliphatic hydroxyl groups is 1. The van der Waals surface area contributed by atoms with Crippen LogP contribution in [-0.4, -0.2) is 70.8 Å². The molecule has 3 heterocycles. The molecule has 2 saturated heterocycles. The first-order valence-corrected chi connectivity index (χ1v) is 13.7. The number of hydrogen-bond acceptors (Lipinski definition) is 9. The van der Waals surface area contributed by atoms with Gasteiger partial charge in [0.15, 0.2) is 11.5 Å². The molecule has 1 N–H and O–H groups in total. The van der Waals surface area contributed by atoms with Crippen molar-refractivity contribution < 1.29 is 33.2 Å². The highest BCUT2D eigenvalue weighted by atomic mass is 35.5. The number of Topliss-reactive ketones (excluding diaryl/α,β-unsaturated/α-hetero) is 1. The summed E-state index contributed by atoms with van der Waals surface area (Å²) in [5.41, 5.74) is 0.667. The fraction of sp³-hybridized carbons (Fsp3) is 0.345. The molecule has 0 spiro atoms. The lowest BCUT2D eigenvalue weighted by Crippen LogP contribution is -2.42. The summed E-state index contributed by atoms with van der Waals surface area (Å²) in [5.74, 6) is -0.459. The Bertz CT molecular complexity index is 1400. The second-order valence-corrected chi connectivity index (χ2v) is 10.3. The van der Waals surface area contributed by atoms with Crippen LogP contribution in [0.4, 0.5) is 15.1 Å². The Kier molecular flexibility index (Phi) is 10.4. The number of carbonyl (C=O) groups excluding carboxylic acids is 2. The summed E-state index contributed by atoms with van der Waals surface area (Å²) in [7, 11) is 0. The van der Waals surface area contributed by atoms with Crippen LogP contribution in [0.3, 0.4) is 0 Å². The van der Waals surface area contributed by atoms with E-state index in [4.69, 9.17) is 16.0 Å². The summed E-state index contributed by atoms with van der Waals surface area (Å²) in [6.07, 6.45) is 3.22. The van der Waals surface area contributed by atoms with Gasteiger partial charge >= 0.3 is 12.0 Å². The molecule has 2 aromatic carbocycles. The normalized spacial score (nSPS) is 16.6. The zero-order chi connectivity index (χ0) is 30.1. The Morgan fingerprint density at radius 1 is 1.10 bits per heavy atom. The number of benzene rings is 2. The Morgan fingerprint density at radius 3 is 2.38 bits per heavy atom. The maximum atomic E-state index is 12.9. The molecule has 11 nitrogen and oxygen atoms in total. The third-order valence-corrected chi connectivity index (χ3v) is 7.22. The smallest absolute Gasteiger partial charge is 0.433 e. The highest BCUT2D eigenvalue weighted by Crippen LogP contribution is 2.33. The van der Waals surface area contributed by atoms with Gasteiger partial charge in [-0.15, -0.1) is 0 Å². The van der Waals surface area contributed by atoms with E-state index < -0.39 is 16.6 Å². The van der Waals surface area contributed by atoms with E-state index in [1.165, 1.54) is 42.6 Å². The molecule has 0 unspecified atom stereocenters. The van der Waals surface area contributed by atoms with Crippen molar-refractivity contribution in [3.8, 4) is 0 Å². The van der Waals surface area contributed by atoms with E-state index in [1.54, 1.807) is 0 Å². The molecule has 1 aromatic heterocycles. The Labute approximate surface area is 246 Å². The third-order valence-electron chi connectivity index (χ3n) is 6.97. The largest absolute Gasteiger partial charge is 0.446 e. The van der Waals surface area contributed by atoms with Gasteiger partial charge in [-0.2, -0.15) is 10.1 Å². The van der Waals surface area contributed by atoms with E-state index >= 15 is 0 Å². The lowest BCUT2D eigenvalue weighted by atomic mass is 9.84. The second kappa shape index (κ2) is 14.2. The number of likely N-dealkylation sites (tertiary alicyclic amines) is 1. The number of ketones is 1. The number of carbonyl (C=O) groups is 2. The van der Waals surface area contributed by atoms with Crippen LogP contribution in [0.2, 0.25) is 5.02 Å². The van der Waals surface area contributed by atoms with Crippen molar-refractivity contribution in [3.63, 3.8) is 0 Å². The summed E-state index contributed by atoms with van der Waals surface area (Å²) in [5, 5.41) is 26.7. The van der Waals surface area contributed by atoms with E-state index in [-0.39, 0.29) is 29.9 Å². The molecule has 0 aliphatic carbocycles. The van der Waals surface area contributed by atoms with Crippen molar-refractivity contribution in [1.29, 1.82) is 0 Å². The average molecular weight is 601 g/mol. The van der Waals surface area contributed by atoms with Crippen molar-refractivity contribution in [2.24, 2.45) is 5.10 Å². The predicted octanol–water partition coefficient (Wildman–Crippen LogP) is 5.40. The zero-order valence-electron chi connectivity index (χ0n) is 22.7. The molecule has 2 fully saturated rings. The van der Waals surface area contributed by atoms with Crippen LogP contribution in [0.1, 0.15) is 47.4 Å². The van der Waals surface area contributed by atoms with Crippen LogP contribution in [0.25, 0.3) is 0 Å². The molecule has 5 rings (SSSR count). The first-order valence-electron chi connectivity index (χ1n) is 13.3. The lowest BCUT2D eigenvalue weighted by molar-refractivity contribution is -0.402. The number of cyclic esters (lactones) is 1. The molecule has 0 atom stereocenters. The van der Waals surface area contributed by atoms with Gasteiger partial charge in [-0.25, -0.2) is 9.18 Å². The lowest BCUT2D eigenvalue weighted by Gasteiger charge is -2.38. The third kappa shape index (κ3) is 8.44. The first kappa shape index (κ1) is 30.8. The SMILES string of the molecule is O=C(CCCN1CCC(O)(c2ccc(Cl)cc2)CC1)c1ccc(F)cc1.O=C1OCCN1N=Cc1ccc([N+](=O)[O-])o1. The number of rotatable bonds is 9. The number of nitrogens with zero attached hydrogens (tertiary/aromatic N) is 4. The number of piperidine rings is 1. The van der Waals surface area contributed by atoms with Gasteiger partial charge in [-0.1, -0.05) is 23.7 Å². The van der Waals surface area contributed by atoms with Gasteiger partial charge in [-0.3, -0.25) is 14.9 Å². The molecule has 42 heavy (non-hydrogen) atoms. The minimum atomic E-state index is -0.801. The summed E-state index contributed by atoms with van der Waals surface area (Å²) in [6.45, 7) is 3.06. The minimum Gasteiger partial charge on any atom is -0.446 e. The van der Waals surface area contributed by atoms with Gasteiger partial charge in [0.25, 0.3) is 0 Å². The fourth-order valence-electron chi connectivity index (χ4n) is 4.57. The molecular weight excluding hydrogens is 571 g/mol. The highest BCUT2D eigenvalue weighted by molar-refractivity contribution is 6.30. The molecule has 1 amide bonds. The standard InChI is InChI=1S/C21H23ClFNO2.C8H7N3O5/c22-18-7-5-17(6-8-18)21(26)11-14-24(15-12-21)13-1-2-20(25)16-3-9-19(23)10-4-16;12-8-10(3-4-15-8)9-5-6-1-2-7(16-6)11(13)14/h3-10,26H,1-2,11-15H2;1-2,5H,3-4H2. The van der Waals surface area contributed by atoms with E-state index in [2.05, 4.69) is 14.7 Å². The van der Waals surface area contributed by atoms with Gasteiger partial charge < -0.3 is 19.2 Å². The maximum Gasteiger partial charge on any atom is 0.433 e. The molecular formula is C29H30ClFN4O7. The number of nitro groups is 1. The molecule has 3 aromatic rings. The summed E-state index contributed by atoms with van der Waals surface area (Å²) >= 11 is 5.92. The number of halogens is 2. The van der Waals surface area contributed by atoms with Crippen LogP contribution in [-0.2, 0) is 10.3 Å². The van der Waals surface area contributed by atoms with E-state index in [1.807, 2.05) is 24.3 Å². The molecule has 222 valence electrons. The molecule has 2 aliphatic heterocycles. The molecule has 0 bridgehead atoms. The minimum absolute atomic E-state index is 0.0414. The maximum absolute atomic E-state index is 12.9. The monoisotopic (exact) mass is 600 g/mol. The van der Waals surface area contributed by atoms with Crippen LogP contribution < -0.4 is 0 Å². The Morgan fingerprint density at radius 2 is 1.79 bits per heavy atom. The average Bonchev–Trinajstić information content (AvgIpc) is 3.63. The van der Waals surface area contributed by atoms with Gasteiger partial charge in [0.1, 0.15) is 17.3 Å². The van der Waals surface area contributed by atoms with E-state index in [0.717, 1.165) is 36.6 Å². The van der Waals surface area contributed by atoms with Crippen LogP contribution in [0.15, 0.2) is 70.2 Å². The molecule has 2 aliphatic rings. The van der Waals surface area contributed by atoms with E-state index in [0.29, 0.717) is 36.4 Å². The first-order chi connectivity index (χ1) is 20.1. The predicted molar refractivity (Wildman–Crippen MR) is 152 cm³/mol. The molecule has 0 saturated carbocycles. The summed E-state index contributed by atoms with van der Waals surface area (Å²) < 4.78 is 22.3. The van der Waals surface area contributed by atoms with Crippen molar-refractivity contribution in [3.05, 3.63) is 98.5 Å². The number of furan rings is 1. The number of hydrazone groups is 1. The summed E-state index contributed by atoms with van der Waals surface area (Å²) in [4.78, 5) is 35.0. The van der Waals surface area contributed by atoms with Crippen LogP contribution in [0, 0.1) is 15.9 Å². The van der Waals surface area contributed by atoms with Gasteiger partial charge in [-0.05, 0) is 73.8 Å². The van der Waals surface area contributed by atoms with Gasteiger partial charge in [0.2, 0.25) is 0 Å². The summed E-state index contributed by atoms with van der Waals surface area (Å²) in [6, 6.07) is 15.7. The Hall–Kier alpha value is -4.13. The zero-order valence-corrected chi connectivity index (χ0v) is 23.4. The second-order valence-electron chi connectivity index (χ2n) is 9.83. The number of amides is 1. The van der Waals surface area contributed by atoms with Crippen molar-refractivity contribution in [1.82, 2.24) is 9.91 Å². The van der Waals surface area contributed by atoms with Gasteiger partial charge in [0.05, 0.1) is 24.4 Å². The van der Waals surface area contributed by atoms with Crippen molar-refractivity contribution >= 4 is 35.6 Å². The quantitative estimate of drug-likeness (QED) is 0.149. The van der Waals surface area contributed by atoms with Crippen molar-refractivity contribution in [2.75, 3.05) is 32.8 Å². The number of ether oxygens (including phenoxy) is 1. The topological polar surface area (TPSA) is 139 Å². The van der Waals surface area contributed by atoms with Gasteiger partial charge in [0, 0.05) is 30.1 Å². The molecule has 13 heteroatoms. The fourth-order valence-corrected chi connectivity index (χ4v) is 4.69. The number of hydrogen-bond donors (Lipinski definition) is 1.